The van der Waals surface area contributed by atoms with Crippen LogP contribution in [0.1, 0.15) is 19.8 Å². The fourth-order valence-electron chi connectivity index (χ4n) is 0.804. The third kappa shape index (κ3) is 2.22. The third-order valence-electron chi connectivity index (χ3n) is 1.99. The predicted octanol–water partition coefficient (Wildman–Crippen LogP) is 1.66. The third-order valence-corrected chi connectivity index (χ3v) is 2.12. The number of carbonyl (C=O) groups excluding carboxylic acids is 1. The van der Waals surface area contributed by atoms with Gasteiger partial charge >= 0.3 is 0 Å². The molecule has 11 heavy (non-hydrogen) atoms. The molecule has 1 rings (SSSR count). The Labute approximate surface area is 71.6 Å². The predicted molar refractivity (Wildman–Crippen MR) is 45.3 cm³/mol. The van der Waals surface area contributed by atoms with E-state index in [1.165, 1.54) is 0 Å². The smallest absolute Gasteiger partial charge is 0.226 e. The molecular formula is C8H12ClNO. The van der Waals surface area contributed by atoms with Crippen LogP contribution in [0.2, 0.25) is 0 Å². The summed E-state index contributed by atoms with van der Waals surface area (Å²) in [7, 11) is 0. The van der Waals surface area contributed by atoms with Crippen molar-refractivity contribution in [1.82, 2.24) is 5.32 Å². The summed E-state index contributed by atoms with van der Waals surface area (Å²) in [5, 5.41) is 3.19. The van der Waals surface area contributed by atoms with Crippen molar-refractivity contribution in [2.75, 3.05) is 6.54 Å². The first-order valence-corrected chi connectivity index (χ1v) is 4.04. The first-order valence-electron chi connectivity index (χ1n) is 3.66. The molecule has 2 nitrogen and oxygen atoms in total. The number of hydrogen-bond donors (Lipinski definition) is 1. The maximum atomic E-state index is 11.2. The molecule has 0 saturated heterocycles. The highest BCUT2D eigenvalue weighted by Gasteiger charge is 2.44. The molecule has 0 aromatic heterocycles. The average molecular weight is 174 g/mol. The lowest BCUT2D eigenvalue weighted by molar-refractivity contribution is -0.125. The molecule has 1 saturated carbocycles. The monoisotopic (exact) mass is 173 g/mol. The van der Waals surface area contributed by atoms with Crippen molar-refractivity contribution in [2.45, 2.75) is 19.8 Å². The van der Waals surface area contributed by atoms with Crippen LogP contribution < -0.4 is 5.32 Å². The molecule has 1 amide bonds. The summed E-state index contributed by atoms with van der Waals surface area (Å²) < 4.78 is 0. The summed E-state index contributed by atoms with van der Waals surface area (Å²) in [6.07, 6.45) is 1.99. The number of rotatable bonds is 3. The quantitative estimate of drug-likeness (QED) is 0.691. The highest BCUT2D eigenvalue weighted by atomic mass is 35.5. The minimum Gasteiger partial charge on any atom is -0.351 e. The molecule has 0 heterocycles. The molecule has 0 radical (unpaired) electrons. The molecule has 3 heteroatoms. The van der Waals surface area contributed by atoms with Gasteiger partial charge in [0, 0.05) is 10.4 Å². The highest BCUT2D eigenvalue weighted by molar-refractivity contribution is 6.29. The molecule has 0 aromatic rings. The molecule has 1 N–H and O–H groups in total. The maximum absolute atomic E-state index is 11.2. The topological polar surface area (TPSA) is 29.1 Å². The van der Waals surface area contributed by atoms with Crippen LogP contribution in [0, 0.1) is 5.41 Å². The van der Waals surface area contributed by atoms with Gasteiger partial charge in [0.15, 0.2) is 0 Å². The second-order valence-corrected chi connectivity index (χ2v) is 3.80. The van der Waals surface area contributed by atoms with E-state index in [9.17, 15) is 4.79 Å². The fraction of sp³-hybridized carbons (Fsp3) is 0.625. The van der Waals surface area contributed by atoms with Gasteiger partial charge in [-0.15, -0.1) is 0 Å². The Morgan fingerprint density at radius 1 is 1.73 bits per heavy atom. The number of hydrogen-bond acceptors (Lipinski definition) is 1. The van der Waals surface area contributed by atoms with Crippen molar-refractivity contribution in [2.24, 2.45) is 5.41 Å². The SMILES string of the molecule is C=C(Cl)CNC(=O)C1(C)CC1. The molecule has 1 aliphatic rings. The van der Waals surface area contributed by atoms with Crippen molar-refractivity contribution >= 4 is 17.5 Å². The zero-order valence-electron chi connectivity index (χ0n) is 6.61. The van der Waals surface area contributed by atoms with Gasteiger partial charge in [0.05, 0.1) is 6.54 Å². The fourth-order valence-corrected chi connectivity index (χ4v) is 0.871. The summed E-state index contributed by atoms with van der Waals surface area (Å²) in [6.45, 7) is 5.82. The Bertz CT molecular complexity index is 196. The lowest BCUT2D eigenvalue weighted by Crippen LogP contribution is -2.30. The molecule has 0 aliphatic heterocycles. The summed E-state index contributed by atoms with van der Waals surface area (Å²) in [5.74, 6) is 0.0966. The van der Waals surface area contributed by atoms with Crippen LogP contribution in [0.15, 0.2) is 11.6 Å². The molecule has 1 fully saturated rings. The Kier molecular flexibility index (Phi) is 2.23. The van der Waals surface area contributed by atoms with Gasteiger partial charge < -0.3 is 5.32 Å². The van der Waals surface area contributed by atoms with E-state index in [4.69, 9.17) is 11.6 Å². The van der Waals surface area contributed by atoms with Gasteiger partial charge in [0.2, 0.25) is 5.91 Å². The number of nitrogens with one attached hydrogen (secondary N) is 1. The Morgan fingerprint density at radius 2 is 2.27 bits per heavy atom. The molecular weight excluding hydrogens is 162 g/mol. The van der Waals surface area contributed by atoms with E-state index in [-0.39, 0.29) is 11.3 Å². The first-order chi connectivity index (χ1) is 5.04. The van der Waals surface area contributed by atoms with Crippen molar-refractivity contribution in [1.29, 1.82) is 0 Å². The van der Waals surface area contributed by atoms with Gasteiger partial charge in [0.25, 0.3) is 0 Å². The Morgan fingerprint density at radius 3 is 2.64 bits per heavy atom. The first kappa shape index (κ1) is 8.60. The van der Waals surface area contributed by atoms with Crippen LogP contribution in [-0.4, -0.2) is 12.5 Å². The minimum atomic E-state index is -0.105. The van der Waals surface area contributed by atoms with Gasteiger partial charge in [-0.25, -0.2) is 0 Å². The number of halogens is 1. The summed E-state index contributed by atoms with van der Waals surface area (Å²) in [4.78, 5) is 11.2. The molecule has 0 atom stereocenters. The molecule has 0 bridgehead atoms. The zero-order valence-corrected chi connectivity index (χ0v) is 7.37. The lowest BCUT2D eigenvalue weighted by atomic mass is 10.1. The van der Waals surface area contributed by atoms with Crippen LogP contribution in [-0.2, 0) is 4.79 Å². The Hall–Kier alpha value is -0.500. The van der Waals surface area contributed by atoms with Crippen molar-refractivity contribution in [3.8, 4) is 0 Å². The summed E-state index contributed by atoms with van der Waals surface area (Å²) >= 11 is 5.48. The van der Waals surface area contributed by atoms with Gasteiger partial charge in [-0.3, -0.25) is 4.79 Å². The second kappa shape index (κ2) is 2.86. The van der Waals surface area contributed by atoms with E-state index in [0.29, 0.717) is 11.6 Å². The van der Waals surface area contributed by atoms with Gasteiger partial charge in [-0.05, 0) is 12.8 Å². The Balaban J connectivity index is 2.27. The van der Waals surface area contributed by atoms with E-state index < -0.39 is 0 Å². The zero-order chi connectivity index (χ0) is 8.48. The average Bonchev–Trinajstić information content (AvgIpc) is 2.64. The molecule has 62 valence electrons. The van der Waals surface area contributed by atoms with E-state index >= 15 is 0 Å². The maximum Gasteiger partial charge on any atom is 0.226 e. The largest absolute Gasteiger partial charge is 0.351 e. The van der Waals surface area contributed by atoms with Crippen LogP contribution in [0.5, 0.6) is 0 Å². The van der Waals surface area contributed by atoms with E-state index in [2.05, 4.69) is 11.9 Å². The van der Waals surface area contributed by atoms with Crippen LogP contribution in [0.3, 0.4) is 0 Å². The number of amides is 1. The summed E-state index contributed by atoms with van der Waals surface area (Å²) in [6, 6.07) is 0. The number of carbonyl (C=O) groups is 1. The normalized spacial score (nSPS) is 19.1. The van der Waals surface area contributed by atoms with Crippen molar-refractivity contribution in [3.63, 3.8) is 0 Å². The van der Waals surface area contributed by atoms with Crippen LogP contribution >= 0.6 is 11.6 Å². The standard InChI is InChI=1S/C8H12ClNO/c1-6(9)5-10-7(11)8(2)3-4-8/h1,3-5H2,2H3,(H,10,11). The highest BCUT2D eigenvalue weighted by Crippen LogP contribution is 2.44. The van der Waals surface area contributed by atoms with Gasteiger partial charge in [0.1, 0.15) is 0 Å². The molecule has 1 aliphatic carbocycles. The second-order valence-electron chi connectivity index (χ2n) is 3.26. The van der Waals surface area contributed by atoms with Crippen LogP contribution in [0.4, 0.5) is 0 Å². The van der Waals surface area contributed by atoms with Crippen LogP contribution in [0.25, 0.3) is 0 Å². The van der Waals surface area contributed by atoms with E-state index in [1.807, 2.05) is 6.92 Å². The molecule has 0 spiro atoms. The molecule has 0 aromatic carbocycles. The lowest BCUT2D eigenvalue weighted by Gasteiger charge is -2.08. The van der Waals surface area contributed by atoms with Crippen molar-refractivity contribution < 1.29 is 4.79 Å². The minimum absolute atomic E-state index is 0.0966. The summed E-state index contributed by atoms with van der Waals surface area (Å²) in [5.41, 5.74) is -0.105. The van der Waals surface area contributed by atoms with Gasteiger partial charge in [-0.1, -0.05) is 25.1 Å². The van der Waals surface area contributed by atoms with E-state index in [1.54, 1.807) is 0 Å². The van der Waals surface area contributed by atoms with E-state index in [0.717, 1.165) is 12.8 Å². The van der Waals surface area contributed by atoms with Crippen molar-refractivity contribution in [3.05, 3.63) is 11.6 Å². The molecule has 0 unspecified atom stereocenters. The van der Waals surface area contributed by atoms with Gasteiger partial charge in [-0.2, -0.15) is 0 Å².